The summed E-state index contributed by atoms with van der Waals surface area (Å²) in [5.74, 6) is 0.819. The zero-order chi connectivity index (χ0) is 9.94. The average Bonchev–Trinajstić information content (AvgIpc) is 2.17. The highest BCUT2D eigenvalue weighted by molar-refractivity contribution is 4.58. The Morgan fingerprint density at radius 2 is 1.46 bits per heavy atom. The van der Waals surface area contributed by atoms with Gasteiger partial charge in [-0.1, -0.05) is 39.5 Å². The molecule has 0 N–H and O–H groups in total. The molecule has 0 radical (unpaired) electrons. The standard InChI is InChI=1S/C12H26O/c1-4-7-9-12(10-8-5-2)11-13-6-3/h12H,4-11H2,1-3H3. The summed E-state index contributed by atoms with van der Waals surface area (Å²) in [7, 11) is 0. The number of rotatable bonds is 9. The number of ether oxygens (including phenoxy) is 1. The lowest BCUT2D eigenvalue weighted by atomic mass is 9.97. The van der Waals surface area contributed by atoms with E-state index in [2.05, 4.69) is 20.8 Å². The van der Waals surface area contributed by atoms with Crippen LogP contribution in [0.1, 0.15) is 59.3 Å². The van der Waals surface area contributed by atoms with Crippen LogP contribution in [0.25, 0.3) is 0 Å². The zero-order valence-electron chi connectivity index (χ0n) is 9.64. The molecule has 0 aromatic heterocycles. The lowest BCUT2D eigenvalue weighted by Crippen LogP contribution is -2.09. The molecule has 0 saturated carbocycles. The fraction of sp³-hybridized carbons (Fsp3) is 1.00. The van der Waals surface area contributed by atoms with Crippen LogP contribution < -0.4 is 0 Å². The van der Waals surface area contributed by atoms with Gasteiger partial charge < -0.3 is 4.74 Å². The Balaban J connectivity index is 3.47. The van der Waals surface area contributed by atoms with Gasteiger partial charge in [-0.2, -0.15) is 0 Å². The predicted molar refractivity (Wildman–Crippen MR) is 59.0 cm³/mol. The van der Waals surface area contributed by atoms with Crippen molar-refractivity contribution in [2.24, 2.45) is 5.92 Å². The van der Waals surface area contributed by atoms with E-state index < -0.39 is 0 Å². The minimum Gasteiger partial charge on any atom is -0.381 e. The van der Waals surface area contributed by atoms with Crippen molar-refractivity contribution in [1.29, 1.82) is 0 Å². The second-order valence-electron chi connectivity index (χ2n) is 3.81. The van der Waals surface area contributed by atoms with E-state index >= 15 is 0 Å². The van der Waals surface area contributed by atoms with Gasteiger partial charge in [0, 0.05) is 13.2 Å². The molecular weight excluding hydrogens is 160 g/mol. The first-order chi connectivity index (χ1) is 6.35. The average molecular weight is 186 g/mol. The van der Waals surface area contributed by atoms with E-state index in [4.69, 9.17) is 4.74 Å². The van der Waals surface area contributed by atoms with Gasteiger partial charge in [-0.15, -0.1) is 0 Å². The van der Waals surface area contributed by atoms with Crippen molar-refractivity contribution in [3.8, 4) is 0 Å². The summed E-state index contributed by atoms with van der Waals surface area (Å²) in [6, 6.07) is 0. The van der Waals surface area contributed by atoms with Crippen LogP contribution in [0.3, 0.4) is 0 Å². The number of hydrogen-bond acceptors (Lipinski definition) is 1. The Morgan fingerprint density at radius 3 is 1.85 bits per heavy atom. The molecule has 0 atom stereocenters. The molecule has 0 unspecified atom stereocenters. The highest BCUT2D eigenvalue weighted by atomic mass is 16.5. The van der Waals surface area contributed by atoms with Gasteiger partial charge in [0.25, 0.3) is 0 Å². The van der Waals surface area contributed by atoms with E-state index in [0.717, 1.165) is 19.1 Å². The van der Waals surface area contributed by atoms with Crippen LogP contribution in [-0.4, -0.2) is 13.2 Å². The Kier molecular flexibility index (Phi) is 10.0. The molecule has 0 aliphatic carbocycles. The summed E-state index contributed by atoms with van der Waals surface area (Å²) in [5.41, 5.74) is 0. The Bertz CT molecular complexity index is 72.1. The Hall–Kier alpha value is -0.0400. The van der Waals surface area contributed by atoms with Crippen LogP contribution in [0.15, 0.2) is 0 Å². The molecule has 0 rings (SSSR count). The number of hydrogen-bond donors (Lipinski definition) is 0. The molecule has 1 nitrogen and oxygen atoms in total. The first kappa shape index (κ1) is 13.0. The third-order valence-electron chi connectivity index (χ3n) is 2.49. The summed E-state index contributed by atoms with van der Waals surface area (Å²) in [5, 5.41) is 0. The van der Waals surface area contributed by atoms with Crippen LogP contribution >= 0.6 is 0 Å². The highest BCUT2D eigenvalue weighted by Crippen LogP contribution is 2.16. The first-order valence-electron chi connectivity index (χ1n) is 5.92. The van der Waals surface area contributed by atoms with E-state index in [-0.39, 0.29) is 0 Å². The minimum atomic E-state index is 0.819. The maximum Gasteiger partial charge on any atom is 0.0494 e. The van der Waals surface area contributed by atoms with Crippen molar-refractivity contribution >= 4 is 0 Å². The summed E-state index contributed by atoms with van der Waals surface area (Å²) in [6.45, 7) is 8.46. The molecule has 1 heteroatoms. The molecule has 0 aliphatic rings. The molecule has 0 saturated heterocycles. The topological polar surface area (TPSA) is 9.23 Å². The van der Waals surface area contributed by atoms with Crippen molar-refractivity contribution in [3.05, 3.63) is 0 Å². The van der Waals surface area contributed by atoms with Crippen LogP contribution in [0.4, 0.5) is 0 Å². The van der Waals surface area contributed by atoms with E-state index in [1.807, 2.05) is 0 Å². The summed E-state index contributed by atoms with van der Waals surface area (Å²) >= 11 is 0. The molecule has 0 amide bonds. The predicted octanol–water partition coefficient (Wildman–Crippen LogP) is 4.02. The molecule has 0 fully saturated rings. The maximum absolute atomic E-state index is 5.49. The lowest BCUT2D eigenvalue weighted by molar-refractivity contribution is 0.102. The zero-order valence-corrected chi connectivity index (χ0v) is 9.64. The summed E-state index contributed by atoms with van der Waals surface area (Å²) < 4.78 is 5.49. The van der Waals surface area contributed by atoms with Gasteiger partial charge in [0.1, 0.15) is 0 Å². The van der Waals surface area contributed by atoms with Crippen molar-refractivity contribution in [1.82, 2.24) is 0 Å². The monoisotopic (exact) mass is 186 g/mol. The molecule has 13 heavy (non-hydrogen) atoms. The Morgan fingerprint density at radius 1 is 0.923 bits per heavy atom. The van der Waals surface area contributed by atoms with Crippen molar-refractivity contribution in [2.75, 3.05) is 13.2 Å². The van der Waals surface area contributed by atoms with Crippen LogP contribution in [0, 0.1) is 5.92 Å². The van der Waals surface area contributed by atoms with Gasteiger partial charge in [0.15, 0.2) is 0 Å². The third kappa shape index (κ3) is 8.29. The van der Waals surface area contributed by atoms with Gasteiger partial charge >= 0.3 is 0 Å². The molecule has 0 aromatic carbocycles. The third-order valence-corrected chi connectivity index (χ3v) is 2.49. The molecular formula is C12H26O. The molecule has 0 heterocycles. The SMILES string of the molecule is CCCCC(CCCC)COCC. The Labute approximate surface area is 83.9 Å². The molecule has 0 aromatic rings. The fourth-order valence-electron chi connectivity index (χ4n) is 1.58. The fourth-order valence-corrected chi connectivity index (χ4v) is 1.58. The number of unbranched alkanes of at least 4 members (excludes halogenated alkanes) is 2. The van der Waals surface area contributed by atoms with Crippen LogP contribution in [0.5, 0.6) is 0 Å². The second-order valence-corrected chi connectivity index (χ2v) is 3.81. The largest absolute Gasteiger partial charge is 0.381 e. The van der Waals surface area contributed by atoms with Crippen LogP contribution in [-0.2, 0) is 4.74 Å². The van der Waals surface area contributed by atoms with Gasteiger partial charge in [-0.05, 0) is 25.7 Å². The van der Waals surface area contributed by atoms with Gasteiger partial charge in [-0.25, -0.2) is 0 Å². The van der Waals surface area contributed by atoms with Gasteiger partial charge in [0.2, 0.25) is 0 Å². The quantitative estimate of drug-likeness (QED) is 0.528. The van der Waals surface area contributed by atoms with E-state index in [1.54, 1.807) is 0 Å². The van der Waals surface area contributed by atoms with Gasteiger partial charge in [0.05, 0.1) is 0 Å². The van der Waals surface area contributed by atoms with Crippen molar-refractivity contribution in [3.63, 3.8) is 0 Å². The normalized spacial score (nSPS) is 11.1. The molecule has 0 aliphatic heterocycles. The lowest BCUT2D eigenvalue weighted by Gasteiger charge is -2.15. The highest BCUT2D eigenvalue weighted by Gasteiger charge is 2.07. The maximum atomic E-state index is 5.49. The summed E-state index contributed by atoms with van der Waals surface area (Å²) in [4.78, 5) is 0. The van der Waals surface area contributed by atoms with E-state index in [9.17, 15) is 0 Å². The van der Waals surface area contributed by atoms with E-state index in [1.165, 1.54) is 38.5 Å². The molecule has 0 bridgehead atoms. The first-order valence-corrected chi connectivity index (χ1v) is 5.92. The van der Waals surface area contributed by atoms with Crippen molar-refractivity contribution < 1.29 is 4.74 Å². The van der Waals surface area contributed by atoms with Gasteiger partial charge in [-0.3, -0.25) is 0 Å². The van der Waals surface area contributed by atoms with Crippen molar-refractivity contribution in [2.45, 2.75) is 59.3 Å². The molecule has 0 spiro atoms. The molecule has 80 valence electrons. The smallest absolute Gasteiger partial charge is 0.0494 e. The van der Waals surface area contributed by atoms with E-state index in [0.29, 0.717) is 0 Å². The minimum absolute atomic E-state index is 0.819. The second kappa shape index (κ2) is 10.0. The van der Waals surface area contributed by atoms with Crippen LogP contribution in [0.2, 0.25) is 0 Å². The summed E-state index contributed by atoms with van der Waals surface area (Å²) in [6.07, 6.45) is 8.07.